The predicted molar refractivity (Wildman–Crippen MR) is 79.3 cm³/mol. The highest BCUT2D eigenvalue weighted by Crippen LogP contribution is 2.54. The van der Waals surface area contributed by atoms with Gasteiger partial charge in [-0.15, -0.1) is 0 Å². The third kappa shape index (κ3) is 2.71. The summed E-state index contributed by atoms with van der Waals surface area (Å²) in [7, 11) is 0. The van der Waals surface area contributed by atoms with E-state index in [1.54, 1.807) is 6.07 Å². The minimum atomic E-state index is -5.73. The van der Waals surface area contributed by atoms with E-state index in [2.05, 4.69) is 4.74 Å². The molecule has 3 rings (SSSR count). The average molecular weight is 359 g/mol. The molecule has 0 radical (unpaired) electrons. The van der Waals surface area contributed by atoms with Crippen LogP contribution in [0.25, 0.3) is 5.76 Å². The van der Waals surface area contributed by atoms with Gasteiger partial charge in [0.25, 0.3) is 0 Å². The topological polar surface area (TPSA) is 12.5 Å². The molecule has 2 aromatic carbocycles. The van der Waals surface area contributed by atoms with Crippen molar-refractivity contribution in [1.29, 1.82) is 0 Å². The molecule has 0 amide bonds. The van der Waals surface area contributed by atoms with E-state index >= 15 is 0 Å². The Labute approximate surface area is 138 Å². The van der Waals surface area contributed by atoms with E-state index < -0.39 is 23.8 Å². The molecule has 25 heavy (non-hydrogen) atoms. The molecule has 1 aliphatic heterocycles. The number of halogens is 6. The first-order valence-corrected chi connectivity index (χ1v) is 7.11. The summed E-state index contributed by atoms with van der Waals surface area (Å²) in [5.74, 6) is -0.515. The summed E-state index contributed by atoms with van der Waals surface area (Å²) in [4.78, 5) is 0.0787. The standard InChI is InChI=1S/C17H11F6NO/c18-16(19,20)15(17(21,22)23)24(13-9-5-2-6-10-13)11-14(25-15)12-7-3-1-4-8-12/h1-11H. The van der Waals surface area contributed by atoms with Crippen molar-refractivity contribution in [3.8, 4) is 0 Å². The third-order valence-corrected chi connectivity index (χ3v) is 3.70. The van der Waals surface area contributed by atoms with Crippen LogP contribution in [0.15, 0.2) is 66.9 Å². The van der Waals surface area contributed by atoms with Crippen molar-refractivity contribution in [2.24, 2.45) is 0 Å². The summed E-state index contributed by atoms with van der Waals surface area (Å²) >= 11 is 0. The van der Waals surface area contributed by atoms with Crippen molar-refractivity contribution in [1.82, 2.24) is 0 Å². The molecule has 0 aromatic heterocycles. The molecule has 0 bridgehead atoms. The van der Waals surface area contributed by atoms with Crippen LogP contribution >= 0.6 is 0 Å². The Morgan fingerprint density at radius 1 is 0.720 bits per heavy atom. The van der Waals surface area contributed by atoms with Crippen LogP contribution in [0.1, 0.15) is 5.56 Å². The van der Waals surface area contributed by atoms with E-state index in [9.17, 15) is 26.3 Å². The maximum absolute atomic E-state index is 13.6. The zero-order valence-electron chi connectivity index (χ0n) is 12.5. The van der Waals surface area contributed by atoms with Crippen molar-refractivity contribution in [3.63, 3.8) is 0 Å². The minimum absolute atomic E-state index is 0.0787. The first kappa shape index (κ1) is 17.2. The second kappa shape index (κ2) is 5.72. The zero-order chi connectivity index (χ0) is 18.3. The van der Waals surface area contributed by atoms with Gasteiger partial charge in [-0.2, -0.15) is 26.3 Å². The van der Waals surface area contributed by atoms with Crippen LogP contribution in [0.2, 0.25) is 0 Å². The summed E-state index contributed by atoms with van der Waals surface area (Å²) in [6, 6.07) is 13.8. The molecule has 8 heteroatoms. The zero-order valence-corrected chi connectivity index (χ0v) is 12.5. The lowest BCUT2D eigenvalue weighted by Gasteiger charge is -2.39. The fourth-order valence-electron chi connectivity index (χ4n) is 2.57. The molecule has 0 atom stereocenters. The molecule has 0 N–H and O–H groups in total. The Morgan fingerprint density at radius 3 is 1.68 bits per heavy atom. The predicted octanol–water partition coefficient (Wildman–Crippen LogP) is 5.34. The molecule has 0 aliphatic carbocycles. The third-order valence-electron chi connectivity index (χ3n) is 3.70. The van der Waals surface area contributed by atoms with Gasteiger partial charge in [-0.1, -0.05) is 48.5 Å². The van der Waals surface area contributed by atoms with Crippen molar-refractivity contribution in [2.75, 3.05) is 4.90 Å². The Balaban J connectivity index is 2.21. The van der Waals surface area contributed by atoms with Gasteiger partial charge in [-0.3, -0.25) is 4.90 Å². The molecule has 2 aromatic rings. The summed E-state index contributed by atoms with van der Waals surface area (Å²) in [5.41, 5.74) is -4.67. The number of hydrogen-bond donors (Lipinski definition) is 0. The van der Waals surface area contributed by atoms with Crippen molar-refractivity contribution < 1.29 is 31.1 Å². The minimum Gasteiger partial charge on any atom is -0.449 e. The first-order valence-electron chi connectivity index (χ1n) is 7.11. The summed E-state index contributed by atoms with van der Waals surface area (Å²) in [6.45, 7) is 0. The van der Waals surface area contributed by atoms with Gasteiger partial charge in [0, 0.05) is 11.3 Å². The number of alkyl halides is 6. The number of ether oxygens (including phenoxy) is 1. The molecule has 0 saturated carbocycles. The molecular weight excluding hydrogens is 348 g/mol. The number of nitrogens with zero attached hydrogens (tertiary/aromatic N) is 1. The molecule has 0 unspecified atom stereocenters. The number of anilines is 1. The van der Waals surface area contributed by atoms with Gasteiger partial charge < -0.3 is 4.74 Å². The van der Waals surface area contributed by atoms with Gasteiger partial charge in [-0.05, 0) is 12.1 Å². The molecule has 0 spiro atoms. The van der Waals surface area contributed by atoms with E-state index in [1.165, 1.54) is 42.5 Å². The lowest BCUT2D eigenvalue weighted by molar-refractivity contribution is -0.357. The number of benzene rings is 2. The lowest BCUT2D eigenvalue weighted by atomic mass is 10.1. The molecule has 0 saturated heterocycles. The van der Waals surface area contributed by atoms with Crippen LogP contribution in [-0.2, 0) is 4.74 Å². The maximum Gasteiger partial charge on any atom is 0.459 e. The summed E-state index contributed by atoms with van der Waals surface area (Å²) in [5, 5.41) is 0. The van der Waals surface area contributed by atoms with E-state index in [-0.39, 0.29) is 16.2 Å². The Morgan fingerprint density at radius 2 is 1.20 bits per heavy atom. The molecule has 1 aliphatic rings. The van der Waals surface area contributed by atoms with Crippen LogP contribution in [0.3, 0.4) is 0 Å². The lowest BCUT2D eigenvalue weighted by Crippen LogP contribution is -2.65. The van der Waals surface area contributed by atoms with E-state index in [0.29, 0.717) is 0 Å². The van der Waals surface area contributed by atoms with Gasteiger partial charge in [0.1, 0.15) is 5.76 Å². The van der Waals surface area contributed by atoms with Crippen LogP contribution < -0.4 is 4.90 Å². The summed E-state index contributed by atoms with van der Waals surface area (Å²) < 4.78 is 86.3. The average Bonchev–Trinajstić information content (AvgIpc) is 2.98. The number of hydrogen-bond acceptors (Lipinski definition) is 2. The van der Waals surface area contributed by atoms with E-state index in [1.807, 2.05) is 0 Å². The normalized spacial score (nSPS) is 17.2. The van der Waals surface area contributed by atoms with Crippen LogP contribution in [-0.4, -0.2) is 18.1 Å². The highest BCUT2D eigenvalue weighted by molar-refractivity contribution is 5.70. The van der Waals surface area contributed by atoms with E-state index in [0.717, 1.165) is 18.3 Å². The Hall–Kier alpha value is -2.64. The van der Waals surface area contributed by atoms with Crippen LogP contribution in [0.4, 0.5) is 32.0 Å². The SMILES string of the molecule is FC(F)(F)C1(C(F)(F)F)OC(c2ccccc2)=CN1c1ccccc1. The van der Waals surface area contributed by atoms with Gasteiger partial charge >= 0.3 is 18.1 Å². The highest BCUT2D eigenvalue weighted by Gasteiger charge is 2.79. The largest absolute Gasteiger partial charge is 0.459 e. The Kier molecular flexibility index (Phi) is 3.93. The van der Waals surface area contributed by atoms with Crippen LogP contribution in [0.5, 0.6) is 0 Å². The van der Waals surface area contributed by atoms with Gasteiger partial charge in [0.15, 0.2) is 0 Å². The van der Waals surface area contributed by atoms with Crippen LogP contribution in [0, 0.1) is 0 Å². The van der Waals surface area contributed by atoms with Crippen molar-refractivity contribution >= 4 is 11.4 Å². The summed E-state index contributed by atoms with van der Waals surface area (Å²) in [6.07, 6.45) is -10.7. The first-order chi connectivity index (χ1) is 11.7. The van der Waals surface area contributed by atoms with Crippen molar-refractivity contribution in [3.05, 3.63) is 72.4 Å². The number of para-hydroxylation sites is 1. The quantitative estimate of drug-likeness (QED) is 0.671. The number of rotatable bonds is 2. The molecule has 0 fully saturated rings. The van der Waals surface area contributed by atoms with Gasteiger partial charge in [0.05, 0.1) is 6.20 Å². The maximum atomic E-state index is 13.6. The second-order valence-electron chi connectivity index (χ2n) is 5.31. The molecule has 2 nitrogen and oxygen atoms in total. The van der Waals surface area contributed by atoms with Gasteiger partial charge in [-0.25, -0.2) is 0 Å². The monoisotopic (exact) mass is 359 g/mol. The molecular formula is C17H11F6NO. The van der Waals surface area contributed by atoms with E-state index in [4.69, 9.17) is 0 Å². The second-order valence-corrected chi connectivity index (χ2v) is 5.31. The fourth-order valence-corrected chi connectivity index (χ4v) is 2.57. The smallest absolute Gasteiger partial charge is 0.449 e. The molecule has 132 valence electrons. The molecule has 1 heterocycles. The fraction of sp³-hybridized carbons (Fsp3) is 0.176. The van der Waals surface area contributed by atoms with Crippen molar-refractivity contribution in [2.45, 2.75) is 18.1 Å². The van der Waals surface area contributed by atoms with Gasteiger partial charge in [0.2, 0.25) is 0 Å². The Bertz CT molecular complexity index is 753. The highest BCUT2D eigenvalue weighted by atomic mass is 19.4.